The first-order valence-electron chi connectivity index (χ1n) is 8.55. The van der Waals surface area contributed by atoms with E-state index in [9.17, 15) is 4.79 Å². The lowest BCUT2D eigenvalue weighted by atomic mass is 10.1. The quantitative estimate of drug-likeness (QED) is 0.814. The molecule has 0 N–H and O–H groups in total. The minimum absolute atomic E-state index is 0.126. The average Bonchev–Trinajstić information content (AvgIpc) is 3.28. The Morgan fingerprint density at radius 3 is 3.08 bits per heavy atom. The maximum Gasteiger partial charge on any atom is 0.231 e. The zero-order valence-corrected chi connectivity index (χ0v) is 14.2. The molecular formula is C18H23N3O3. The minimum Gasteiger partial charge on any atom is -0.494 e. The first-order valence-corrected chi connectivity index (χ1v) is 8.55. The number of ether oxygens (including phenoxy) is 1. The Balaban J connectivity index is 1.71. The fourth-order valence-corrected chi connectivity index (χ4v) is 2.88. The van der Waals surface area contributed by atoms with Crippen LogP contribution >= 0.6 is 0 Å². The molecule has 6 nitrogen and oxygen atoms in total. The largest absolute Gasteiger partial charge is 0.494 e. The van der Waals surface area contributed by atoms with Crippen LogP contribution in [0.4, 0.5) is 0 Å². The number of carbonyl (C=O) groups excluding carboxylic acids is 1. The Kier molecular flexibility index (Phi) is 5.13. The Labute approximate surface area is 141 Å². The van der Waals surface area contributed by atoms with Crippen molar-refractivity contribution in [3.63, 3.8) is 0 Å². The lowest BCUT2D eigenvalue weighted by molar-refractivity contribution is -0.129. The van der Waals surface area contributed by atoms with Crippen LogP contribution in [0, 0.1) is 0 Å². The third kappa shape index (κ3) is 3.58. The number of rotatable bonds is 6. The maximum atomic E-state index is 11.8. The van der Waals surface area contributed by atoms with Gasteiger partial charge in [-0.2, -0.15) is 4.98 Å². The molecule has 1 aliphatic rings. The van der Waals surface area contributed by atoms with Gasteiger partial charge in [0.05, 0.1) is 12.5 Å². The van der Waals surface area contributed by atoms with Crippen LogP contribution in [0.15, 0.2) is 28.8 Å². The molecule has 2 aromatic rings. The molecule has 1 aromatic carbocycles. The summed E-state index contributed by atoms with van der Waals surface area (Å²) in [6.45, 7) is 6.06. The molecule has 1 aromatic heterocycles. The summed E-state index contributed by atoms with van der Waals surface area (Å²) >= 11 is 0. The number of aromatic nitrogens is 2. The summed E-state index contributed by atoms with van der Waals surface area (Å²) in [4.78, 5) is 18.2. The summed E-state index contributed by atoms with van der Waals surface area (Å²) in [6.07, 6.45) is 2.37. The minimum atomic E-state index is 0.126. The van der Waals surface area contributed by atoms with Gasteiger partial charge in [0, 0.05) is 25.1 Å². The number of amides is 1. The Hall–Kier alpha value is -2.37. The van der Waals surface area contributed by atoms with Gasteiger partial charge in [0.25, 0.3) is 0 Å². The van der Waals surface area contributed by atoms with Crippen molar-refractivity contribution in [2.24, 2.45) is 0 Å². The molecule has 0 spiro atoms. The molecule has 0 bridgehead atoms. The number of nitrogens with zero attached hydrogens (tertiary/aromatic N) is 3. The van der Waals surface area contributed by atoms with Crippen molar-refractivity contribution in [1.29, 1.82) is 0 Å². The number of hydrogen-bond donors (Lipinski definition) is 0. The van der Waals surface area contributed by atoms with Gasteiger partial charge in [-0.25, -0.2) is 0 Å². The standard InChI is InChI=1S/C18H23N3O3/c1-3-10-23-15-7-5-6-13(11-15)17-19-18(24-20-17)14-8-9-21(12-14)16(22)4-2/h5-7,11,14H,3-4,8-10,12H2,1-2H3/t14-/m1/s1. The van der Waals surface area contributed by atoms with Crippen LogP contribution in [0.2, 0.25) is 0 Å². The molecule has 1 aliphatic heterocycles. The molecule has 128 valence electrons. The molecule has 3 rings (SSSR count). The van der Waals surface area contributed by atoms with Crippen molar-refractivity contribution < 1.29 is 14.1 Å². The van der Waals surface area contributed by atoms with Crippen molar-refractivity contribution in [1.82, 2.24) is 15.0 Å². The van der Waals surface area contributed by atoms with Crippen LogP contribution in [0.5, 0.6) is 5.75 Å². The second-order valence-electron chi connectivity index (χ2n) is 6.01. The normalized spacial score (nSPS) is 17.2. The molecule has 6 heteroatoms. The highest BCUT2D eigenvalue weighted by atomic mass is 16.5. The highest BCUT2D eigenvalue weighted by molar-refractivity contribution is 5.76. The molecule has 0 aliphatic carbocycles. The lowest BCUT2D eigenvalue weighted by Crippen LogP contribution is -2.27. The van der Waals surface area contributed by atoms with E-state index >= 15 is 0 Å². The second kappa shape index (κ2) is 7.47. The molecule has 24 heavy (non-hydrogen) atoms. The van der Waals surface area contributed by atoms with Gasteiger partial charge in [0.15, 0.2) is 0 Å². The van der Waals surface area contributed by atoms with Crippen molar-refractivity contribution in [3.05, 3.63) is 30.2 Å². The van der Waals surface area contributed by atoms with Crippen LogP contribution in [-0.2, 0) is 4.79 Å². The molecule has 2 heterocycles. The van der Waals surface area contributed by atoms with Crippen LogP contribution in [-0.4, -0.2) is 40.6 Å². The highest BCUT2D eigenvalue weighted by Crippen LogP contribution is 2.29. The van der Waals surface area contributed by atoms with Gasteiger partial charge in [-0.05, 0) is 25.0 Å². The van der Waals surface area contributed by atoms with Gasteiger partial charge in [-0.15, -0.1) is 0 Å². The van der Waals surface area contributed by atoms with E-state index in [-0.39, 0.29) is 11.8 Å². The number of hydrogen-bond acceptors (Lipinski definition) is 5. The van der Waals surface area contributed by atoms with Crippen LogP contribution in [0.1, 0.15) is 44.9 Å². The summed E-state index contributed by atoms with van der Waals surface area (Å²) in [7, 11) is 0. The number of carbonyl (C=O) groups is 1. The summed E-state index contributed by atoms with van der Waals surface area (Å²) in [5.74, 6) is 2.28. The van der Waals surface area contributed by atoms with E-state index in [1.807, 2.05) is 36.1 Å². The Bertz CT molecular complexity index is 698. The molecule has 0 unspecified atom stereocenters. The van der Waals surface area contributed by atoms with Gasteiger partial charge < -0.3 is 14.2 Å². The lowest BCUT2D eigenvalue weighted by Gasteiger charge is -2.13. The van der Waals surface area contributed by atoms with Gasteiger partial charge in [-0.1, -0.05) is 31.1 Å². The van der Waals surface area contributed by atoms with E-state index in [0.29, 0.717) is 31.3 Å². The fraction of sp³-hybridized carbons (Fsp3) is 0.500. The van der Waals surface area contributed by atoms with Crippen LogP contribution < -0.4 is 4.74 Å². The predicted octanol–water partition coefficient (Wildman–Crippen LogP) is 3.25. The Morgan fingerprint density at radius 1 is 1.42 bits per heavy atom. The van der Waals surface area contributed by atoms with Crippen molar-refractivity contribution in [2.75, 3.05) is 19.7 Å². The molecule has 0 saturated carbocycles. The zero-order valence-electron chi connectivity index (χ0n) is 14.2. The summed E-state index contributed by atoms with van der Waals surface area (Å²) in [5, 5.41) is 4.10. The molecular weight excluding hydrogens is 306 g/mol. The Morgan fingerprint density at radius 2 is 2.29 bits per heavy atom. The summed E-state index contributed by atoms with van der Waals surface area (Å²) < 4.78 is 11.1. The van der Waals surface area contributed by atoms with Gasteiger partial charge in [0.2, 0.25) is 17.6 Å². The van der Waals surface area contributed by atoms with Crippen molar-refractivity contribution in [2.45, 2.75) is 39.0 Å². The van der Waals surface area contributed by atoms with Crippen LogP contribution in [0.3, 0.4) is 0 Å². The molecule has 0 radical (unpaired) electrons. The number of likely N-dealkylation sites (tertiary alicyclic amines) is 1. The van der Waals surface area contributed by atoms with E-state index in [4.69, 9.17) is 9.26 Å². The van der Waals surface area contributed by atoms with E-state index in [1.165, 1.54) is 0 Å². The van der Waals surface area contributed by atoms with E-state index in [0.717, 1.165) is 30.7 Å². The van der Waals surface area contributed by atoms with Crippen LogP contribution in [0.25, 0.3) is 11.4 Å². The SMILES string of the molecule is CCCOc1cccc(-c2noc([C@@H]3CCN(C(=O)CC)C3)n2)c1. The molecule has 1 amide bonds. The molecule has 1 atom stereocenters. The third-order valence-corrected chi connectivity index (χ3v) is 4.20. The van der Waals surface area contributed by atoms with Crippen molar-refractivity contribution >= 4 is 5.91 Å². The first kappa shape index (κ1) is 16.5. The smallest absolute Gasteiger partial charge is 0.231 e. The van der Waals surface area contributed by atoms with Gasteiger partial charge in [0.1, 0.15) is 5.75 Å². The predicted molar refractivity (Wildman–Crippen MR) is 89.7 cm³/mol. The average molecular weight is 329 g/mol. The monoisotopic (exact) mass is 329 g/mol. The molecule has 1 fully saturated rings. The van der Waals surface area contributed by atoms with E-state index in [1.54, 1.807) is 0 Å². The number of benzene rings is 1. The third-order valence-electron chi connectivity index (χ3n) is 4.20. The fourth-order valence-electron chi connectivity index (χ4n) is 2.88. The van der Waals surface area contributed by atoms with E-state index in [2.05, 4.69) is 17.1 Å². The van der Waals surface area contributed by atoms with E-state index < -0.39 is 0 Å². The van der Waals surface area contributed by atoms with Gasteiger partial charge in [-0.3, -0.25) is 4.79 Å². The zero-order chi connectivity index (χ0) is 16.9. The second-order valence-corrected chi connectivity index (χ2v) is 6.01. The highest BCUT2D eigenvalue weighted by Gasteiger charge is 2.30. The van der Waals surface area contributed by atoms with Crippen molar-refractivity contribution in [3.8, 4) is 17.1 Å². The maximum absolute atomic E-state index is 11.8. The molecule has 1 saturated heterocycles. The first-order chi connectivity index (χ1) is 11.7. The topological polar surface area (TPSA) is 68.5 Å². The summed E-state index contributed by atoms with van der Waals surface area (Å²) in [5.41, 5.74) is 0.873. The van der Waals surface area contributed by atoms with Gasteiger partial charge >= 0.3 is 0 Å². The summed E-state index contributed by atoms with van der Waals surface area (Å²) in [6, 6.07) is 7.71.